The van der Waals surface area contributed by atoms with E-state index in [4.69, 9.17) is 66.3 Å². The predicted octanol–water partition coefficient (Wildman–Crippen LogP) is 4.31. The third-order valence-corrected chi connectivity index (χ3v) is 21.0. The summed E-state index contributed by atoms with van der Waals surface area (Å²) in [5.74, 6) is 2.40. The van der Waals surface area contributed by atoms with Gasteiger partial charge in [0.25, 0.3) is 0 Å². The smallest absolute Gasteiger partial charge is 0.310 e. The lowest BCUT2D eigenvalue weighted by atomic mass is 10.1. The van der Waals surface area contributed by atoms with E-state index < -0.39 is 70.3 Å². The molecule has 7 aliphatic heterocycles. The van der Waals surface area contributed by atoms with Gasteiger partial charge in [0.2, 0.25) is 0 Å². The van der Waals surface area contributed by atoms with Gasteiger partial charge in [-0.1, -0.05) is 27.7 Å². The first kappa shape index (κ1) is 60.8. The molecule has 8 unspecified atom stereocenters. The fourth-order valence-electron chi connectivity index (χ4n) is 10.1. The first-order chi connectivity index (χ1) is 40.3. The Morgan fingerprint density at radius 2 is 0.759 bits per heavy atom. The molecule has 0 saturated carbocycles. The minimum Gasteiger partial charge on any atom is -0.489 e. The van der Waals surface area contributed by atoms with Crippen molar-refractivity contribution in [1.82, 2.24) is 21.3 Å². The molecular weight excluding hydrogens is 1180 g/mol. The molecule has 0 amide bonds. The summed E-state index contributed by atoms with van der Waals surface area (Å²) >= 11 is 7.55. The Morgan fingerprint density at radius 1 is 0.434 bits per heavy atom. The van der Waals surface area contributed by atoms with Crippen molar-refractivity contribution in [2.24, 2.45) is 23.7 Å². The number of rotatable bonds is 24. The van der Waals surface area contributed by atoms with Crippen LogP contribution in [0, 0.1) is 23.7 Å². The monoisotopic (exact) mass is 1250 g/mol. The molecule has 8 atom stereocenters. The van der Waals surface area contributed by atoms with E-state index in [1.165, 1.54) is 34.0 Å². The van der Waals surface area contributed by atoms with E-state index in [-0.39, 0.29) is 26.1 Å². The van der Waals surface area contributed by atoms with Crippen LogP contribution in [-0.2, 0) is 69.9 Å². The molecule has 454 valence electrons. The minimum absolute atomic E-state index is 0.149. The quantitative estimate of drug-likeness (QED) is 0.0721. The molecule has 7 aliphatic rings. The van der Waals surface area contributed by atoms with Gasteiger partial charge in [0.05, 0.1) is 62.1 Å². The fourth-order valence-corrected chi connectivity index (χ4v) is 17.1. The molecule has 0 aromatic carbocycles. The largest absolute Gasteiger partial charge is 0.489 e. The van der Waals surface area contributed by atoms with E-state index in [9.17, 15) is 19.2 Å². The van der Waals surface area contributed by atoms with E-state index in [0.717, 1.165) is 38.4 Å². The first-order valence-electron chi connectivity index (χ1n) is 28.0. The topological polar surface area (TPSA) is 246 Å². The lowest BCUT2D eigenvalue weighted by Crippen LogP contribution is -2.34. The van der Waals surface area contributed by atoms with Crippen LogP contribution >= 0.6 is 57.5 Å². The summed E-state index contributed by atoms with van der Waals surface area (Å²) in [4.78, 5) is 57.7. The number of carbonyl (C=O) groups excluding carboxylic acids is 4. The van der Waals surface area contributed by atoms with Crippen LogP contribution in [0.25, 0.3) is 9.81 Å². The second kappa shape index (κ2) is 27.8. The van der Waals surface area contributed by atoms with E-state index in [1.807, 2.05) is 0 Å². The van der Waals surface area contributed by atoms with Crippen LogP contribution in [0.5, 0.6) is 34.5 Å². The van der Waals surface area contributed by atoms with Gasteiger partial charge in [0.1, 0.15) is 102 Å². The van der Waals surface area contributed by atoms with Crippen LogP contribution < -0.4 is 58.8 Å². The summed E-state index contributed by atoms with van der Waals surface area (Å²) in [6, 6.07) is 0. The van der Waals surface area contributed by atoms with Crippen molar-refractivity contribution < 1.29 is 85.5 Å². The third-order valence-electron chi connectivity index (χ3n) is 14.1. The van der Waals surface area contributed by atoms with Crippen LogP contribution in [0.15, 0.2) is 23.0 Å². The Labute approximate surface area is 501 Å². The average molecular weight is 1250 g/mol. The molecule has 3 aromatic rings. The van der Waals surface area contributed by atoms with Crippen molar-refractivity contribution >= 4 is 91.2 Å². The summed E-state index contributed by atoms with van der Waals surface area (Å²) in [5, 5.41) is 11.2. The van der Waals surface area contributed by atoms with Gasteiger partial charge in [-0.15, -0.1) is 57.5 Å². The molecule has 3 aromatic heterocycles. The Kier molecular flexibility index (Phi) is 20.4. The van der Waals surface area contributed by atoms with Crippen molar-refractivity contribution in [2.45, 2.75) is 63.2 Å². The maximum Gasteiger partial charge on any atom is 0.310 e. The zero-order valence-corrected chi connectivity index (χ0v) is 51.8. The summed E-state index contributed by atoms with van der Waals surface area (Å²) in [5.41, 5.74) is 0. The number of hydrogen-bond donors (Lipinski definition) is 4. The van der Waals surface area contributed by atoms with Crippen LogP contribution in [0.2, 0.25) is 0 Å². The highest BCUT2D eigenvalue weighted by Crippen LogP contribution is 2.62. The summed E-state index contributed by atoms with van der Waals surface area (Å²) in [7, 11) is 7.07. The first-order valence-corrected chi connectivity index (χ1v) is 32.2. The highest BCUT2D eigenvalue weighted by atomic mass is 32.2. The number of ether oxygens (including phenoxy) is 14. The molecule has 0 fully saturated rings. The lowest BCUT2D eigenvalue weighted by molar-refractivity contribution is -0.163. The van der Waals surface area contributed by atoms with Gasteiger partial charge in [-0.2, -0.15) is 0 Å². The number of thioether (sulfide) groups is 2. The van der Waals surface area contributed by atoms with Crippen LogP contribution in [0.1, 0.15) is 57.7 Å². The molecular formula is C56H72N4O18S5. The molecule has 83 heavy (non-hydrogen) atoms. The van der Waals surface area contributed by atoms with Crippen LogP contribution in [-0.4, -0.2) is 170 Å². The van der Waals surface area contributed by atoms with Gasteiger partial charge in [-0.05, 0) is 28.2 Å². The maximum atomic E-state index is 13.4. The standard InChI is InChI=1S/C56H72N4O18S5/c1-27(21-57-5)53(61)75-25-31(77-55(63)29(3)23-59-7)19-33-35-37(67-11-9-65-35)45(79-33)47-39-41(71-15-13-69-39)49(81-47)51-43-44(74-18-17-73-43)52(83-51)50-42-40(70-14-16-72-42)48(82-50)46-38-36(66-10-12-68-38)34(80-46)20-32(78-56(64)30(4)24-60-8)26-76-54(62)28(2)22-58-6/h27-32,47-48,57-60H,9-26H2,1-8H3/b51-49+,52-50+. The van der Waals surface area contributed by atoms with Gasteiger partial charge < -0.3 is 87.6 Å². The van der Waals surface area contributed by atoms with Gasteiger partial charge in [0.15, 0.2) is 57.5 Å². The molecule has 0 bridgehead atoms. The average Bonchev–Trinajstić information content (AvgIpc) is 3.14. The van der Waals surface area contributed by atoms with E-state index >= 15 is 0 Å². The van der Waals surface area contributed by atoms with Gasteiger partial charge in [-0.25, -0.2) is 0 Å². The number of hydrogen-bond acceptors (Lipinski definition) is 27. The summed E-state index contributed by atoms with van der Waals surface area (Å²) < 4.78 is 90.2. The summed E-state index contributed by atoms with van der Waals surface area (Å²) in [6.07, 6.45) is -1.25. The second-order valence-corrected chi connectivity index (χ2v) is 26.2. The minimum atomic E-state index is -0.821. The van der Waals surface area contributed by atoms with Crippen LogP contribution in [0.3, 0.4) is 0 Å². The lowest BCUT2D eigenvalue weighted by Gasteiger charge is -2.22. The maximum absolute atomic E-state index is 13.4. The highest BCUT2D eigenvalue weighted by molar-refractivity contribution is 8.09. The molecule has 4 N–H and O–H groups in total. The van der Waals surface area contributed by atoms with Gasteiger partial charge >= 0.3 is 23.9 Å². The third kappa shape index (κ3) is 13.3. The number of thiophene rings is 3. The van der Waals surface area contributed by atoms with Crippen molar-refractivity contribution in [2.75, 3.05) is 134 Å². The molecule has 10 rings (SSSR count). The number of carbonyl (C=O) groups is 4. The van der Waals surface area contributed by atoms with E-state index in [2.05, 4.69) is 21.3 Å². The Hall–Kier alpha value is -5.26. The zero-order chi connectivity index (χ0) is 58.3. The molecule has 27 heteroatoms. The number of esters is 4. The number of nitrogens with one attached hydrogen (secondary N) is 4. The Balaban J connectivity index is 0.998. The predicted molar refractivity (Wildman–Crippen MR) is 312 cm³/mol. The molecule has 0 saturated heterocycles. The van der Waals surface area contributed by atoms with Gasteiger partial charge in [-0.3, -0.25) is 19.2 Å². The van der Waals surface area contributed by atoms with Crippen molar-refractivity contribution in [3.8, 4) is 34.5 Å². The van der Waals surface area contributed by atoms with E-state index in [1.54, 1.807) is 79.4 Å². The van der Waals surface area contributed by atoms with E-state index in [0.29, 0.717) is 150 Å². The normalized spacial score (nSPS) is 22.1. The molecule has 0 radical (unpaired) electrons. The molecule has 10 heterocycles. The summed E-state index contributed by atoms with van der Waals surface area (Å²) in [6.45, 7) is 11.7. The van der Waals surface area contributed by atoms with Crippen molar-refractivity contribution in [3.63, 3.8) is 0 Å². The molecule has 0 spiro atoms. The number of fused-ring (bicyclic) bond motifs is 3. The SMILES string of the molecule is CNCC(C)C(=O)OCC(Cc1sc(C2S/C(=c3/s/c(=C4/SC(c5sc(CC(COC(=O)C(C)CNC)OC(=O)C(C)CNC)c6c5OCCO6)C5=C4OCCO5)c4c3OCCO4)C3=C2OCCO3)c2c1OCCO2)OC(=O)C(C)CNC. The van der Waals surface area contributed by atoms with Crippen molar-refractivity contribution in [1.29, 1.82) is 0 Å². The van der Waals surface area contributed by atoms with Crippen LogP contribution in [0.4, 0.5) is 0 Å². The Morgan fingerprint density at radius 3 is 1.13 bits per heavy atom. The Bertz CT molecular complexity index is 2880. The van der Waals surface area contributed by atoms with Crippen molar-refractivity contribution in [3.05, 3.63) is 51.6 Å². The van der Waals surface area contributed by atoms with Gasteiger partial charge in [0, 0.05) is 39.0 Å². The highest BCUT2D eigenvalue weighted by Gasteiger charge is 2.46. The fraction of sp³-hybridized carbons (Fsp3) is 0.607. The zero-order valence-electron chi connectivity index (χ0n) is 47.7. The molecule has 22 nitrogen and oxygen atoms in total. The molecule has 0 aliphatic carbocycles. The second-order valence-electron chi connectivity index (χ2n) is 20.7.